The van der Waals surface area contributed by atoms with E-state index in [2.05, 4.69) is 4.98 Å². The second kappa shape index (κ2) is 5.47. The van der Waals surface area contributed by atoms with Gasteiger partial charge in [-0.1, -0.05) is 0 Å². The molecule has 21 heavy (non-hydrogen) atoms. The van der Waals surface area contributed by atoms with Gasteiger partial charge in [-0.15, -0.1) is 0 Å². The minimum Gasteiger partial charge on any atom is -0.454 e. The number of aromatic nitrogens is 2. The number of carbonyl (C=O) groups excluding carboxylic acids is 1. The van der Waals surface area contributed by atoms with Crippen molar-refractivity contribution in [1.29, 1.82) is 0 Å². The van der Waals surface area contributed by atoms with Crippen LogP contribution in [-0.4, -0.2) is 22.1 Å². The van der Waals surface area contributed by atoms with Crippen LogP contribution in [0.25, 0.3) is 0 Å². The maximum Gasteiger partial charge on any atom is 0.267 e. The molecule has 0 amide bonds. The lowest BCUT2D eigenvalue weighted by molar-refractivity contribution is 0.0969. The molecule has 1 aliphatic heterocycles. The van der Waals surface area contributed by atoms with Crippen LogP contribution in [0, 0.1) is 10.5 Å². The lowest BCUT2D eigenvalue weighted by atomic mass is 10.1. The number of hydrogen-bond acceptors (Lipinski definition) is 5. The summed E-state index contributed by atoms with van der Waals surface area (Å²) in [4.78, 5) is 28.4. The van der Waals surface area contributed by atoms with Gasteiger partial charge in [-0.05, 0) is 47.7 Å². The smallest absolute Gasteiger partial charge is 0.267 e. The van der Waals surface area contributed by atoms with Gasteiger partial charge in [-0.2, -0.15) is 0 Å². The van der Waals surface area contributed by atoms with Gasteiger partial charge >= 0.3 is 0 Å². The molecule has 0 saturated heterocycles. The van der Waals surface area contributed by atoms with Gasteiger partial charge in [0.2, 0.25) is 6.79 Å². The first kappa shape index (κ1) is 14.1. The summed E-state index contributed by atoms with van der Waals surface area (Å²) in [6, 6.07) is 4.98. The van der Waals surface area contributed by atoms with Crippen LogP contribution in [0.2, 0.25) is 0 Å². The van der Waals surface area contributed by atoms with Gasteiger partial charge in [0.05, 0.1) is 22.1 Å². The summed E-state index contributed by atoms with van der Waals surface area (Å²) in [6.07, 6.45) is 1.39. The standard InChI is InChI=1S/C14H11IN2O4/c1-8-13(15)14(19)17(6-16-8)5-10(18)9-2-3-11-12(4-9)21-7-20-11/h2-4,6H,5,7H2,1H3. The van der Waals surface area contributed by atoms with Crippen molar-refractivity contribution < 1.29 is 14.3 Å². The largest absolute Gasteiger partial charge is 0.454 e. The summed E-state index contributed by atoms with van der Waals surface area (Å²) < 4.78 is 12.3. The first-order valence-corrected chi connectivity index (χ1v) is 7.28. The van der Waals surface area contributed by atoms with E-state index in [4.69, 9.17) is 9.47 Å². The fraction of sp³-hybridized carbons (Fsp3) is 0.214. The van der Waals surface area contributed by atoms with Crippen LogP contribution < -0.4 is 15.0 Å². The van der Waals surface area contributed by atoms with Crippen LogP contribution in [0.15, 0.2) is 29.3 Å². The molecule has 0 unspecified atom stereocenters. The van der Waals surface area contributed by atoms with Crippen molar-refractivity contribution in [2.45, 2.75) is 13.5 Å². The predicted molar refractivity (Wildman–Crippen MR) is 82.8 cm³/mol. The molecule has 1 aromatic carbocycles. The zero-order chi connectivity index (χ0) is 15.0. The molecular formula is C14H11IN2O4. The average Bonchev–Trinajstić information content (AvgIpc) is 2.95. The van der Waals surface area contributed by atoms with E-state index in [1.165, 1.54) is 10.9 Å². The Morgan fingerprint density at radius 1 is 1.38 bits per heavy atom. The third kappa shape index (κ3) is 2.65. The number of rotatable bonds is 3. The van der Waals surface area contributed by atoms with E-state index >= 15 is 0 Å². The number of fused-ring (bicyclic) bond motifs is 1. The van der Waals surface area contributed by atoms with Crippen LogP contribution in [0.1, 0.15) is 16.1 Å². The number of ketones is 1. The number of benzene rings is 1. The number of Topliss-reactive ketones (excluding diaryl/α,β-unsaturated/α-hetero) is 1. The Bertz CT molecular complexity index is 785. The monoisotopic (exact) mass is 398 g/mol. The summed E-state index contributed by atoms with van der Waals surface area (Å²) >= 11 is 1.94. The van der Waals surface area contributed by atoms with Crippen molar-refractivity contribution in [2.75, 3.05) is 6.79 Å². The maximum atomic E-state index is 12.3. The molecule has 108 valence electrons. The van der Waals surface area contributed by atoms with Gasteiger partial charge in [0.1, 0.15) is 0 Å². The van der Waals surface area contributed by atoms with Crippen molar-refractivity contribution >= 4 is 28.4 Å². The highest BCUT2D eigenvalue weighted by Crippen LogP contribution is 2.32. The lowest BCUT2D eigenvalue weighted by Crippen LogP contribution is -2.27. The van der Waals surface area contributed by atoms with E-state index in [1.54, 1.807) is 25.1 Å². The second-order valence-electron chi connectivity index (χ2n) is 4.57. The van der Waals surface area contributed by atoms with E-state index < -0.39 is 0 Å². The Kier molecular flexibility index (Phi) is 3.66. The van der Waals surface area contributed by atoms with Crippen molar-refractivity contribution in [3.05, 3.63) is 49.7 Å². The first-order valence-electron chi connectivity index (χ1n) is 6.20. The van der Waals surface area contributed by atoms with Crippen LogP contribution in [0.5, 0.6) is 11.5 Å². The van der Waals surface area contributed by atoms with Crippen LogP contribution in [0.4, 0.5) is 0 Å². The SMILES string of the molecule is Cc1ncn(CC(=O)c2ccc3c(c2)OCO3)c(=O)c1I. The fourth-order valence-corrected chi connectivity index (χ4v) is 2.42. The molecule has 2 aromatic rings. The topological polar surface area (TPSA) is 70.4 Å². The Labute approximate surface area is 133 Å². The minimum atomic E-state index is -0.211. The summed E-state index contributed by atoms with van der Waals surface area (Å²) in [6.45, 7) is 1.86. The van der Waals surface area contributed by atoms with E-state index in [9.17, 15) is 9.59 Å². The fourth-order valence-electron chi connectivity index (χ4n) is 1.97. The Morgan fingerprint density at radius 3 is 2.95 bits per heavy atom. The molecule has 3 rings (SSSR count). The Hall–Kier alpha value is -1.90. The molecule has 1 aliphatic rings. The quantitative estimate of drug-likeness (QED) is 0.583. The van der Waals surface area contributed by atoms with Gasteiger partial charge in [-0.3, -0.25) is 14.2 Å². The highest BCUT2D eigenvalue weighted by molar-refractivity contribution is 14.1. The third-order valence-electron chi connectivity index (χ3n) is 3.17. The average molecular weight is 398 g/mol. The van der Waals surface area contributed by atoms with Crippen LogP contribution in [0.3, 0.4) is 0 Å². The van der Waals surface area contributed by atoms with E-state index in [-0.39, 0.29) is 24.7 Å². The summed E-state index contributed by atoms with van der Waals surface area (Å²) in [5.41, 5.74) is 0.923. The molecule has 0 bridgehead atoms. The number of halogens is 1. The normalized spacial score (nSPS) is 12.5. The zero-order valence-electron chi connectivity index (χ0n) is 11.1. The summed E-state index contributed by atoms with van der Waals surface area (Å²) in [5, 5.41) is 0. The van der Waals surface area contributed by atoms with Gasteiger partial charge < -0.3 is 9.47 Å². The van der Waals surface area contributed by atoms with E-state index in [0.29, 0.717) is 26.3 Å². The molecule has 2 heterocycles. The van der Waals surface area contributed by atoms with E-state index in [1.807, 2.05) is 22.6 Å². The number of aryl methyl sites for hydroxylation is 1. The maximum absolute atomic E-state index is 12.3. The lowest BCUT2D eigenvalue weighted by Gasteiger charge is -2.07. The van der Waals surface area contributed by atoms with Gasteiger partial charge in [0, 0.05) is 5.56 Å². The molecular weight excluding hydrogens is 387 g/mol. The van der Waals surface area contributed by atoms with Gasteiger partial charge in [0.25, 0.3) is 5.56 Å². The number of ether oxygens (including phenoxy) is 2. The molecule has 6 nitrogen and oxygen atoms in total. The van der Waals surface area contributed by atoms with Crippen LogP contribution >= 0.6 is 22.6 Å². The van der Waals surface area contributed by atoms with Crippen molar-refractivity contribution in [3.63, 3.8) is 0 Å². The zero-order valence-corrected chi connectivity index (χ0v) is 13.3. The molecule has 0 spiro atoms. The highest BCUT2D eigenvalue weighted by atomic mass is 127. The summed E-state index contributed by atoms with van der Waals surface area (Å²) in [7, 11) is 0. The van der Waals surface area contributed by atoms with Crippen LogP contribution in [-0.2, 0) is 6.54 Å². The number of nitrogens with zero attached hydrogens (tertiary/aromatic N) is 2. The Morgan fingerprint density at radius 2 is 2.14 bits per heavy atom. The molecule has 0 atom stereocenters. The number of hydrogen-bond donors (Lipinski definition) is 0. The number of carbonyl (C=O) groups is 1. The molecule has 7 heteroatoms. The minimum absolute atomic E-state index is 0.0538. The molecule has 0 fully saturated rings. The van der Waals surface area contributed by atoms with Crippen molar-refractivity contribution in [3.8, 4) is 11.5 Å². The first-order chi connectivity index (χ1) is 10.1. The highest BCUT2D eigenvalue weighted by Gasteiger charge is 2.17. The van der Waals surface area contributed by atoms with Gasteiger partial charge in [0.15, 0.2) is 17.3 Å². The Balaban J connectivity index is 1.87. The molecule has 0 aliphatic carbocycles. The third-order valence-corrected chi connectivity index (χ3v) is 4.41. The molecule has 0 saturated carbocycles. The molecule has 0 N–H and O–H groups in total. The molecule has 0 radical (unpaired) electrons. The van der Waals surface area contributed by atoms with E-state index in [0.717, 1.165) is 0 Å². The molecule has 1 aromatic heterocycles. The van der Waals surface area contributed by atoms with Crippen molar-refractivity contribution in [1.82, 2.24) is 9.55 Å². The predicted octanol–water partition coefficient (Wildman–Crippen LogP) is 1.77. The second-order valence-corrected chi connectivity index (χ2v) is 5.65. The summed E-state index contributed by atoms with van der Waals surface area (Å²) in [5.74, 6) is 0.983. The van der Waals surface area contributed by atoms with Crippen molar-refractivity contribution in [2.24, 2.45) is 0 Å². The van der Waals surface area contributed by atoms with Gasteiger partial charge in [-0.25, -0.2) is 4.98 Å².